The summed E-state index contributed by atoms with van der Waals surface area (Å²) in [5.41, 5.74) is 0. The standard InChI is InChI=1S/C15H29N3O2/c1-12(2)13(3)17-14(19)11-16-8-7-15(20)18-9-5-4-6-10-18/h12-13,16H,4-11H2,1-3H3,(H,17,19). The average Bonchev–Trinajstić information content (AvgIpc) is 2.44. The van der Waals surface area contributed by atoms with Crippen molar-refractivity contribution in [2.45, 2.75) is 52.5 Å². The van der Waals surface area contributed by atoms with Gasteiger partial charge in [-0.3, -0.25) is 9.59 Å². The lowest BCUT2D eigenvalue weighted by atomic mass is 10.1. The number of likely N-dealkylation sites (tertiary alicyclic amines) is 1. The molecule has 1 atom stereocenters. The quantitative estimate of drug-likeness (QED) is 0.689. The maximum absolute atomic E-state index is 11.9. The molecule has 1 aliphatic rings. The number of carbonyl (C=O) groups is 2. The van der Waals surface area contributed by atoms with Crippen molar-refractivity contribution < 1.29 is 9.59 Å². The third-order valence-electron chi connectivity index (χ3n) is 3.90. The van der Waals surface area contributed by atoms with Crippen LogP contribution in [-0.2, 0) is 9.59 Å². The van der Waals surface area contributed by atoms with Gasteiger partial charge in [-0.2, -0.15) is 0 Å². The second-order valence-electron chi connectivity index (χ2n) is 5.97. The van der Waals surface area contributed by atoms with Crippen LogP contribution in [0, 0.1) is 5.92 Å². The van der Waals surface area contributed by atoms with Gasteiger partial charge in [0.05, 0.1) is 6.54 Å². The second-order valence-corrected chi connectivity index (χ2v) is 5.97. The minimum Gasteiger partial charge on any atom is -0.352 e. The lowest BCUT2D eigenvalue weighted by molar-refractivity contribution is -0.132. The van der Waals surface area contributed by atoms with Crippen molar-refractivity contribution in [3.05, 3.63) is 0 Å². The van der Waals surface area contributed by atoms with Crippen LogP contribution in [0.5, 0.6) is 0 Å². The fourth-order valence-corrected chi connectivity index (χ4v) is 2.17. The summed E-state index contributed by atoms with van der Waals surface area (Å²) in [6, 6.07) is 0.180. The van der Waals surface area contributed by atoms with E-state index in [4.69, 9.17) is 0 Å². The molecule has 1 unspecified atom stereocenters. The summed E-state index contributed by atoms with van der Waals surface area (Å²) in [7, 11) is 0. The van der Waals surface area contributed by atoms with Gasteiger partial charge in [0.2, 0.25) is 11.8 Å². The number of nitrogens with zero attached hydrogens (tertiary/aromatic N) is 1. The van der Waals surface area contributed by atoms with E-state index in [1.807, 2.05) is 11.8 Å². The van der Waals surface area contributed by atoms with Crippen LogP contribution in [0.4, 0.5) is 0 Å². The molecule has 0 bridgehead atoms. The van der Waals surface area contributed by atoms with E-state index in [1.54, 1.807) is 0 Å². The SMILES string of the molecule is CC(C)C(C)NC(=O)CNCCC(=O)N1CCCCC1. The van der Waals surface area contributed by atoms with Crippen LogP contribution in [0.1, 0.15) is 46.5 Å². The summed E-state index contributed by atoms with van der Waals surface area (Å²) in [6.07, 6.45) is 3.95. The Morgan fingerprint density at radius 1 is 1.10 bits per heavy atom. The Balaban J connectivity index is 2.08. The number of carbonyl (C=O) groups excluding carboxylic acids is 2. The number of rotatable bonds is 7. The molecule has 0 saturated carbocycles. The number of amides is 2. The zero-order valence-corrected chi connectivity index (χ0v) is 13.1. The molecule has 1 aliphatic heterocycles. The molecule has 1 heterocycles. The monoisotopic (exact) mass is 283 g/mol. The third kappa shape index (κ3) is 6.37. The molecule has 2 amide bonds. The van der Waals surface area contributed by atoms with Crippen LogP contribution in [0.25, 0.3) is 0 Å². The van der Waals surface area contributed by atoms with E-state index in [0.29, 0.717) is 18.9 Å². The predicted molar refractivity (Wildman–Crippen MR) is 80.4 cm³/mol. The van der Waals surface area contributed by atoms with Gasteiger partial charge in [-0.25, -0.2) is 0 Å². The molecule has 1 rings (SSSR count). The van der Waals surface area contributed by atoms with E-state index in [1.165, 1.54) is 6.42 Å². The molecule has 0 aliphatic carbocycles. The first kappa shape index (κ1) is 17.0. The minimum absolute atomic E-state index is 0.00313. The van der Waals surface area contributed by atoms with Crippen LogP contribution < -0.4 is 10.6 Å². The summed E-state index contributed by atoms with van der Waals surface area (Å²) >= 11 is 0. The lowest BCUT2D eigenvalue weighted by Gasteiger charge is -2.26. The number of hydrogen-bond donors (Lipinski definition) is 2. The summed E-state index contributed by atoms with van der Waals surface area (Å²) in [6.45, 7) is 8.80. The maximum Gasteiger partial charge on any atom is 0.234 e. The lowest BCUT2D eigenvalue weighted by Crippen LogP contribution is -2.42. The minimum atomic E-state index is -0.00313. The fourth-order valence-electron chi connectivity index (χ4n) is 2.17. The molecule has 5 nitrogen and oxygen atoms in total. The van der Waals surface area contributed by atoms with Gasteiger partial charge in [0, 0.05) is 32.1 Å². The highest BCUT2D eigenvalue weighted by atomic mass is 16.2. The van der Waals surface area contributed by atoms with E-state index in [0.717, 1.165) is 25.9 Å². The highest BCUT2D eigenvalue weighted by molar-refractivity contribution is 5.79. The summed E-state index contributed by atoms with van der Waals surface area (Å²) in [5, 5.41) is 5.97. The Bertz CT molecular complexity index is 312. The van der Waals surface area contributed by atoms with Gasteiger partial charge < -0.3 is 15.5 Å². The van der Waals surface area contributed by atoms with E-state index in [-0.39, 0.29) is 24.4 Å². The van der Waals surface area contributed by atoms with Gasteiger partial charge in [0.1, 0.15) is 0 Å². The first-order chi connectivity index (χ1) is 9.50. The Morgan fingerprint density at radius 2 is 1.75 bits per heavy atom. The number of piperidine rings is 1. The molecule has 116 valence electrons. The van der Waals surface area contributed by atoms with Gasteiger partial charge in [-0.15, -0.1) is 0 Å². The molecule has 1 fully saturated rings. The fraction of sp³-hybridized carbons (Fsp3) is 0.867. The Labute approximate surface area is 122 Å². The molecule has 0 spiro atoms. The zero-order valence-electron chi connectivity index (χ0n) is 13.1. The van der Waals surface area contributed by atoms with Crippen molar-refractivity contribution in [1.29, 1.82) is 0 Å². The highest BCUT2D eigenvalue weighted by Gasteiger charge is 2.16. The molecule has 0 radical (unpaired) electrons. The first-order valence-electron chi connectivity index (χ1n) is 7.78. The third-order valence-corrected chi connectivity index (χ3v) is 3.90. The predicted octanol–water partition coefficient (Wildman–Crippen LogP) is 1.14. The van der Waals surface area contributed by atoms with Gasteiger partial charge in [-0.05, 0) is 32.1 Å². The second kappa shape index (κ2) is 8.95. The van der Waals surface area contributed by atoms with Gasteiger partial charge in [0.15, 0.2) is 0 Å². The van der Waals surface area contributed by atoms with Crippen LogP contribution in [0.2, 0.25) is 0 Å². The Morgan fingerprint density at radius 3 is 2.35 bits per heavy atom. The van der Waals surface area contributed by atoms with Crippen molar-refractivity contribution in [3.63, 3.8) is 0 Å². The largest absolute Gasteiger partial charge is 0.352 e. The Hall–Kier alpha value is -1.10. The van der Waals surface area contributed by atoms with Crippen LogP contribution >= 0.6 is 0 Å². The van der Waals surface area contributed by atoms with E-state index in [9.17, 15) is 9.59 Å². The van der Waals surface area contributed by atoms with Crippen LogP contribution in [0.3, 0.4) is 0 Å². The van der Waals surface area contributed by atoms with Gasteiger partial charge >= 0.3 is 0 Å². The molecular weight excluding hydrogens is 254 g/mol. The number of nitrogens with one attached hydrogen (secondary N) is 2. The van der Waals surface area contributed by atoms with Crippen molar-refractivity contribution in [1.82, 2.24) is 15.5 Å². The van der Waals surface area contributed by atoms with E-state index >= 15 is 0 Å². The molecule has 5 heteroatoms. The summed E-state index contributed by atoms with van der Waals surface area (Å²) in [5.74, 6) is 0.629. The smallest absolute Gasteiger partial charge is 0.234 e. The molecule has 0 aromatic carbocycles. The topological polar surface area (TPSA) is 61.4 Å². The Kier molecular flexibility index (Phi) is 7.59. The molecule has 0 aromatic rings. The summed E-state index contributed by atoms with van der Waals surface area (Å²) < 4.78 is 0. The normalized spacial score (nSPS) is 17.1. The van der Waals surface area contributed by atoms with Crippen molar-refractivity contribution in [3.8, 4) is 0 Å². The van der Waals surface area contributed by atoms with Gasteiger partial charge in [0.25, 0.3) is 0 Å². The molecule has 0 aromatic heterocycles. The molecule has 2 N–H and O–H groups in total. The van der Waals surface area contributed by atoms with E-state index in [2.05, 4.69) is 24.5 Å². The van der Waals surface area contributed by atoms with Crippen molar-refractivity contribution in [2.75, 3.05) is 26.2 Å². The highest BCUT2D eigenvalue weighted by Crippen LogP contribution is 2.09. The molecule has 20 heavy (non-hydrogen) atoms. The van der Waals surface area contributed by atoms with Gasteiger partial charge in [-0.1, -0.05) is 13.8 Å². The number of hydrogen-bond acceptors (Lipinski definition) is 3. The van der Waals surface area contributed by atoms with Crippen LogP contribution in [0.15, 0.2) is 0 Å². The first-order valence-corrected chi connectivity index (χ1v) is 7.78. The van der Waals surface area contributed by atoms with Crippen LogP contribution in [-0.4, -0.2) is 48.9 Å². The van der Waals surface area contributed by atoms with Crippen molar-refractivity contribution >= 4 is 11.8 Å². The van der Waals surface area contributed by atoms with Crippen molar-refractivity contribution in [2.24, 2.45) is 5.92 Å². The molecular formula is C15H29N3O2. The average molecular weight is 283 g/mol. The zero-order chi connectivity index (χ0) is 15.0. The summed E-state index contributed by atoms with van der Waals surface area (Å²) in [4.78, 5) is 25.5. The molecule has 1 saturated heterocycles. The maximum atomic E-state index is 11.9. The van der Waals surface area contributed by atoms with E-state index < -0.39 is 0 Å².